The Kier molecular flexibility index (Phi) is 8.61. The molecular formula is C37H41N9O4. The van der Waals surface area contributed by atoms with Gasteiger partial charge in [-0.05, 0) is 79.8 Å². The van der Waals surface area contributed by atoms with Crippen molar-refractivity contribution in [3.05, 3.63) is 70.7 Å². The predicted octanol–water partition coefficient (Wildman–Crippen LogP) is 2.48. The molecule has 0 spiro atoms. The van der Waals surface area contributed by atoms with Crippen molar-refractivity contribution in [3.63, 3.8) is 0 Å². The predicted molar refractivity (Wildman–Crippen MR) is 188 cm³/mol. The third kappa shape index (κ3) is 6.50. The number of anilines is 1. The van der Waals surface area contributed by atoms with Crippen molar-refractivity contribution in [2.45, 2.75) is 57.2 Å². The molecule has 4 fully saturated rings. The van der Waals surface area contributed by atoms with Gasteiger partial charge in [0.25, 0.3) is 11.8 Å². The van der Waals surface area contributed by atoms with Gasteiger partial charge in [-0.3, -0.25) is 44.3 Å². The van der Waals surface area contributed by atoms with Crippen molar-refractivity contribution in [2.75, 3.05) is 38.0 Å². The molecule has 1 atom stereocenters. The Morgan fingerprint density at radius 1 is 0.980 bits per heavy atom. The molecule has 2 saturated heterocycles. The summed E-state index contributed by atoms with van der Waals surface area (Å²) in [6.07, 6.45) is 7.90. The van der Waals surface area contributed by atoms with E-state index in [2.05, 4.69) is 33.0 Å². The van der Waals surface area contributed by atoms with Gasteiger partial charge in [0.1, 0.15) is 6.04 Å². The summed E-state index contributed by atoms with van der Waals surface area (Å²) < 4.78 is 0. The highest BCUT2D eigenvalue weighted by Crippen LogP contribution is 2.38. The maximum absolute atomic E-state index is 13.2. The Labute approximate surface area is 289 Å². The van der Waals surface area contributed by atoms with Gasteiger partial charge in [-0.2, -0.15) is 0 Å². The molecule has 258 valence electrons. The van der Waals surface area contributed by atoms with E-state index in [1.807, 2.05) is 12.3 Å². The normalized spacial score (nSPS) is 24.7. The minimum atomic E-state index is -0.979. The summed E-state index contributed by atoms with van der Waals surface area (Å²) in [5.74, 6) is -1.28. The average molecular weight is 676 g/mol. The summed E-state index contributed by atoms with van der Waals surface area (Å²) in [6.45, 7) is 5.68. The van der Waals surface area contributed by atoms with Gasteiger partial charge in [0.15, 0.2) is 0 Å². The number of imide groups is 2. The minimum absolute atomic E-state index is 0.0877. The second-order valence-electron chi connectivity index (χ2n) is 14.1. The lowest BCUT2D eigenvalue weighted by Crippen LogP contribution is -2.54. The largest absolute Gasteiger partial charge is 0.401 e. The first kappa shape index (κ1) is 32.2. The number of nitrogens with two attached hydrogens (primary N) is 1. The zero-order chi connectivity index (χ0) is 34.4. The summed E-state index contributed by atoms with van der Waals surface area (Å²) in [5, 5.41) is 9.04. The molecule has 13 nitrogen and oxygen atoms in total. The molecule has 1 unspecified atom stereocenters. The van der Waals surface area contributed by atoms with Crippen LogP contribution in [-0.2, 0) is 16.1 Å². The summed E-state index contributed by atoms with van der Waals surface area (Å²) in [5.41, 5.74) is 13.3. The summed E-state index contributed by atoms with van der Waals surface area (Å²) in [4.78, 5) is 68.2. The minimum Gasteiger partial charge on any atom is -0.401 e. The number of allylic oxidation sites excluding steroid dienone is 2. The van der Waals surface area contributed by atoms with Crippen LogP contribution in [0.25, 0.3) is 16.6 Å². The van der Waals surface area contributed by atoms with Crippen LogP contribution >= 0.6 is 0 Å². The molecule has 4 heterocycles. The van der Waals surface area contributed by atoms with Gasteiger partial charge in [-0.15, -0.1) is 0 Å². The molecule has 8 rings (SSSR count). The van der Waals surface area contributed by atoms with Gasteiger partial charge in [-0.25, -0.2) is 4.98 Å². The molecule has 0 radical (unpaired) electrons. The number of piperazine rings is 1. The van der Waals surface area contributed by atoms with Crippen LogP contribution in [0.15, 0.2) is 53.3 Å². The second kappa shape index (κ2) is 13.4. The molecular weight excluding hydrogens is 634 g/mol. The number of amides is 4. The number of rotatable bonds is 10. The Balaban J connectivity index is 0.892. The Morgan fingerprint density at radius 2 is 1.78 bits per heavy atom. The van der Waals surface area contributed by atoms with Gasteiger partial charge < -0.3 is 16.4 Å². The topological polar surface area (TPSA) is 175 Å². The van der Waals surface area contributed by atoms with E-state index < -0.39 is 29.7 Å². The van der Waals surface area contributed by atoms with E-state index in [-0.39, 0.29) is 30.0 Å². The van der Waals surface area contributed by atoms with Crippen LogP contribution in [0.1, 0.15) is 70.5 Å². The van der Waals surface area contributed by atoms with Gasteiger partial charge in [0.2, 0.25) is 11.8 Å². The fraction of sp³-hybridized carbons (Fsp3) is 0.432. The van der Waals surface area contributed by atoms with Crippen molar-refractivity contribution >= 4 is 52.1 Å². The van der Waals surface area contributed by atoms with Crippen molar-refractivity contribution in [3.8, 4) is 0 Å². The number of carbonyl (C=O) groups excluding carboxylic acids is 4. The molecule has 4 amide bonds. The number of nitrogens with zero attached hydrogens (tertiary/aromatic N) is 5. The lowest BCUT2D eigenvalue weighted by molar-refractivity contribution is -0.136. The highest BCUT2D eigenvalue weighted by molar-refractivity contribution is 6.23. The maximum Gasteiger partial charge on any atom is 0.262 e. The van der Waals surface area contributed by atoms with Crippen LogP contribution in [0.3, 0.4) is 0 Å². The molecule has 3 aromatic rings. The summed E-state index contributed by atoms with van der Waals surface area (Å²) in [6, 6.07) is 10.6. The standard InChI is InChI=1S/C37H41N9O4/c38-34(23-2-3-23)28(31-19-42-29-6-1-21(15-30(29)43-31)20-45-11-9-39-10-12-45)18-41-25-13-22(14-25)17-40-24-4-5-26-27(16-24)37(50)46(36(26)49)32-7-8-33(47)44-35(32)48/h1,4-6,15-16,18-19,22-23,25,32,39-40H,2-3,7-14,17,20,38H2,(H,44,47,48). The smallest absolute Gasteiger partial charge is 0.262 e. The molecule has 2 aliphatic carbocycles. The molecule has 0 bridgehead atoms. The Hall–Kier alpha value is -5.01. The highest BCUT2D eigenvalue weighted by atomic mass is 16.2. The average Bonchev–Trinajstić information content (AvgIpc) is 3.92. The fourth-order valence-electron chi connectivity index (χ4n) is 7.33. The van der Waals surface area contributed by atoms with Crippen molar-refractivity contribution < 1.29 is 19.2 Å². The maximum atomic E-state index is 13.2. The quantitative estimate of drug-likeness (QED) is 0.185. The van der Waals surface area contributed by atoms with E-state index in [1.54, 1.807) is 24.4 Å². The SMILES string of the molecule is NC(=C(C=NC1CC(CNc2ccc3c(c2)C(=O)N(C2CCC(=O)NC2=O)C3=O)C1)c1cnc2ccc(CN3CCNCC3)cc2n1)C1CC1. The van der Waals surface area contributed by atoms with Crippen LogP contribution in [-0.4, -0.2) is 94.4 Å². The van der Waals surface area contributed by atoms with Gasteiger partial charge in [0, 0.05) is 68.9 Å². The lowest BCUT2D eigenvalue weighted by atomic mass is 9.80. The molecule has 2 saturated carbocycles. The van der Waals surface area contributed by atoms with Crippen LogP contribution in [0.2, 0.25) is 0 Å². The fourth-order valence-corrected chi connectivity index (χ4v) is 7.33. The molecule has 2 aromatic carbocycles. The van der Waals surface area contributed by atoms with Gasteiger partial charge in [0.05, 0.1) is 40.1 Å². The van der Waals surface area contributed by atoms with E-state index in [1.165, 1.54) is 5.56 Å². The number of piperidine rings is 1. The molecule has 50 heavy (non-hydrogen) atoms. The highest BCUT2D eigenvalue weighted by Gasteiger charge is 2.44. The summed E-state index contributed by atoms with van der Waals surface area (Å²) in [7, 11) is 0. The molecule has 13 heteroatoms. The van der Waals surface area contributed by atoms with Crippen LogP contribution in [0, 0.1) is 11.8 Å². The third-order valence-corrected chi connectivity index (χ3v) is 10.5. The number of benzene rings is 2. The number of carbonyl (C=O) groups is 4. The Morgan fingerprint density at radius 3 is 2.56 bits per heavy atom. The number of aromatic nitrogens is 2. The molecule has 5 aliphatic rings. The first-order valence-electron chi connectivity index (χ1n) is 17.6. The second-order valence-corrected chi connectivity index (χ2v) is 14.1. The molecule has 1 aromatic heterocycles. The molecule has 3 aliphatic heterocycles. The van der Waals surface area contributed by atoms with Crippen molar-refractivity contribution in [1.29, 1.82) is 0 Å². The van der Waals surface area contributed by atoms with E-state index in [9.17, 15) is 19.2 Å². The summed E-state index contributed by atoms with van der Waals surface area (Å²) >= 11 is 0. The number of hydrogen-bond donors (Lipinski definition) is 4. The number of hydrogen-bond acceptors (Lipinski definition) is 11. The van der Waals surface area contributed by atoms with E-state index in [4.69, 9.17) is 20.7 Å². The van der Waals surface area contributed by atoms with E-state index in [0.29, 0.717) is 18.4 Å². The first-order chi connectivity index (χ1) is 24.3. The van der Waals surface area contributed by atoms with Gasteiger partial charge in [-0.1, -0.05) is 6.07 Å². The van der Waals surface area contributed by atoms with Crippen molar-refractivity contribution in [2.24, 2.45) is 22.6 Å². The van der Waals surface area contributed by atoms with Gasteiger partial charge >= 0.3 is 0 Å². The third-order valence-electron chi connectivity index (χ3n) is 10.5. The number of fused-ring (bicyclic) bond motifs is 2. The zero-order valence-electron chi connectivity index (χ0n) is 27.9. The lowest BCUT2D eigenvalue weighted by Gasteiger charge is -2.33. The molecule has 5 N–H and O–H groups in total. The monoisotopic (exact) mass is 675 g/mol. The van der Waals surface area contributed by atoms with Crippen LogP contribution < -0.4 is 21.7 Å². The number of nitrogens with one attached hydrogen (secondary N) is 3. The zero-order valence-corrected chi connectivity index (χ0v) is 27.9. The van der Waals surface area contributed by atoms with Crippen LogP contribution in [0.4, 0.5) is 5.69 Å². The van der Waals surface area contributed by atoms with E-state index >= 15 is 0 Å². The first-order valence-corrected chi connectivity index (χ1v) is 17.6. The van der Waals surface area contributed by atoms with E-state index in [0.717, 1.165) is 97.0 Å². The number of aliphatic imine (C=N–C) groups is 1. The Bertz CT molecular complexity index is 1940. The van der Waals surface area contributed by atoms with Crippen LogP contribution in [0.5, 0.6) is 0 Å². The van der Waals surface area contributed by atoms with Crippen molar-refractivity contribution in [1.82, 2.24) is 30.4 Å².